The monoisotopic (exact) mass is 451 g/mol. The summed E-state index contributed by atoms with van der Waals surface area (Å²) in [6, 6.07) is 12.0. The number of nitrogens with zero attached hydrogens (tertiary/aromatic N) is 2. The number of amides is 3. The minimum Gasteiger partial charge on any atom is -0.493 e. The number of carbonyl (C=O) groups is 3. The van der Waals surface area contributed by atoms with Gasteiger partial charge in [0, 0.05) is 19.6 Å². The molecule has 0 unspecified atom stereocenters. The summed E-state index contributed by atoms with van der Waals surface area (Å²) in [5.41, 5.74) is 1.90. The van der Waals surface area contributed by atoms with Gasteiger partial charge in [-0.05, 0) is 49.7 Å². The molecule has 174 valence electrons. The largest absolute Gasteiger partial charge is 0.493 e. The summed E-state index contributed by atoms with van der Waals surface area (Å²) >= 11 is 0. The van der Waals surface area contributed by atoms with Gasteiger partial charge in [0.25, 0.3) is 17.7 Å². The molecule has 2 aromatic rings. The Hall–Kier alpha value is -3.23. The summed E-state index contributed by atoms with van der Waals surface area (Å²) in [4.78, 5) is 41.8. The quantitative estimate of drug-likeness (QED) is 0.465. The van der Waals surface area contributed by atoms with Crippen molar-refractivity contribution in [2.75, 3.05) is 46.0 Å². The van der Waals surface area contributed by atoms with Gasteiger partial charge in [0.1, 0.15) is 5.75 Å². The molecule has 8 heteroatoms. The molecule has 0 radical (unpaired) electrons. The van der Waals surface area contributed by atoms with E-state index in [-0.39, 0.29) is 24.3 Å². The van der Waals surface area contributed by atoms with Crippen LogP contribution in [0.15, 0.2) is 42.5 Å². The number of carbonyl (C=O) groups excluding carboxylic acids is 3. The van der Waals surface area contributed by atoms with Crippen LogP contribution in [-0.4, -0.2) is 73.5 Å². The summed E-state index contributed by atoms with van der Waals surface area (Å²) in [7, 11) is 0. The van der Waals surface area contributed by atoms with Gasteiger partial charge in [-0.1, -0.05) is 18.2 Å². The highest BCUT2D eigenvalue weighted by Crippen LogP contribution is 2.26. The first kappa shape index (κ1) is 22.9. The van der Waals surface area contributed by atoms with Crippen LogP contribution in [-0.2, 0) is 11.3 Å². The van der Waals surface area contributed by atoms with Gasteiger partial charge in [0.2, 0.25) is 0 Å². The molecule has 0 saturated carbocycles. The molecule has 0 spiro atoms. The Bertz CT molecular complexity index is 997. The maximum absolute atomic E-state index is 12.9. The van der Waals surface area contributed by atoms with E-state index >= 15 is 0 Å². The van der Waals surface area contributed by atoms with E-state index < -0.39 is 0 Å². The van der Waals surface area contributed by atoms with Crippen molar-refractivity contribution >= 4 is 17.7 Å². The van der Waals surface area contributed by atoms with Crippen LogP contribution in [0.1, 0.15) is 50.0 Å². The van der Waals surface area contributed by atoms with Gasteiger partial charge < -0.3 is 14.8 Å². The molecule has 2 aliphatic heterocycles. The van der Waals surface area contributed by atoms with Crippen LogP contribution in [0.25, 0.3) is 0 Å². The number of hydrogen-bond acceptors (Lipinski definition) is 6. The molecule has 0 aliphatic carbocycles. The predicted molar refractivity (Wildman–Crippen MR) is 122 cm³/mol. The van der Waals surface area contributed by atoms with Crippen LogP contribution in [0.3, 0.4) is 0 Å². The van der Waals surface area contributed by atoms with Crippen LogP contribution in [0.4, 0.5) is 0 Å². The molecule has 2 heterocycles. The van der Waals surface area contributed by atoms with Gasteiger partial charge in [-0.2, -0.15) is 0 Å². The fourth-order valence-corrected chi connectivity index (χ4v) is 4.12. The minimum absolute atomic E-state index is 0.0933. The molecule has 0 bridgehead atoms. The highest BCUT2D eigenvalue weighted by atomic mass is 16.5. The molecular weight excluding hydrogens is 422 g/mol. The average molecular weight is 452 g/mol. The van der Waals surface area contributed by atoms with Gasteiger partial charge in [-0.15, -0.1) is 0 Å². The molecule has 2 aliphatic rings. The van der Waals surface area contributed by atoms with Gasteiger partial charge in [0.05, 0.1) is 43.1 Å². The second-order valence-corrected chi connectivity index (χ2v) is 8.07. The van der Waals surface area contributed by atoms with Crippen LogP contribution >= 0.6 is 0 Å². The van der Waals surface area contributed by atoms with Crippen molar-refractivity contribution < 1.29 is 23.9 Å². The van der Waals surface area contributed by atoms with Crippen molar-refractivity contribution in [1.82, 2.24) is 15.1 Å². The first-order valence-corrected chi connectivity index (χ1v) is 11.4. The van der Waals surface area contributed by atoms with Gasteiger partial charge >= 0.3 is 0 Å². The van der Waals surface area contributed by atoms with E-state index in [1.807, 2.05) is 6.92 Å². The summed E-state index contributed by atoms with van der Waals surface area (Å²) in [5, 5.41) is 2.97. The number of rotatable bonds is 9. The van der Waals surface area contributed by atoms with Crippen LogP contribution in [0.2, 0.25) is 0 Å². The molecule has 1 N–H and O–H groups in total. The standard InChI is InChI=1S/C25H29N3O5/c1-2-33-22-9-8-18(17-28-24(30)19-6-3-4-7-20(19)25(28)31)16-21(22)23(29)26-10-5-11-27-12-14-32-15-13-27/h3-4,6-9,16H,2,5,10-15,17H2,1H3,(H,26,29). The average Bonchev–Trinajstić information content (AvgIpc) is 3.08. The zero-order valence-corrected chi connectivity index (χ0v) is 18.8. The Morgan fingerprint density at radius 3 is 2.42 bits per heavy atom. The van der Waals surface area contributed by atoms with Crippen molar-refractivity contribution in [2.45, 2.75) is 19.9 Å². The van der Waals surface area contributed by atoms with Crippen molar-refractivity contribution in [2.24, 2.45) is 0 Å². The van der Waals surface area contributed by atoms with Crippen molar-refractivity contribution in [3.8, 4) is 5.75 Å². The smallest absolute Gasteiger partial charge is 0.261 e. The second kappa shape index (κ2) is 10.6. The topological polar surface area (TPSA) is 88.2 Å². The molecule has 1 saturated heterocycles. The second-order valence-electron chi connectivity index (χ2n) is 8.07. The van der Waals surface area contributed by atoms with Crippen LogP contribution in [0.5, 0.6) is 5.75 Å². The number of benzene rings is 2. The normalized spacial score (nSPS) is 16.1. The first-order valence-electron chi connectivity index (χ1n) is 11.4. The zero-order valence-electron chi connectivity index (χ0n) is 18.8. The fourth-order valence-electron chi connectivity index (χ4n) is 4.12. The lowest BCUT2D eigenvalue weighted by Crippen LogP contribution is -2.38. The van der Waals surface area contributed by atoms with E-state index in [1.165, 1.54) is 4.90 Å². The summed E-state index contributed by atoms with van der Waals surface area (Å²) in [5.74, 6) is -0.392. The van der Waals surface area contributed by atoms with Gasteiger partial charge in [0.15, 0.2) is 0 Å². The molecule has 3 amide bonds. The molecule has 33 heavy (non-hydrogen) atoms. The third kappa shape index (κ3) is 5.23. The van der Waals surface area contributed by atoms with Gasteiger partial charge in [-0.3, -0.25) is 24.2 Å². The van der Waals surface area contributed by atoms with E-state index in [0.29, 0.717) is 41.2 Å². The van der Waals surface area contributed by atoms with E-state index in [1.54, 1.807) is 42.5 Å². The Labute approximate surface area is 193 Å². The Balaban J connectivity index is 1.41. The Morgan fingerprint density at radius 2 is 1.76 bits per heavy atom. The summed E-state index contributed by atoms with van der Waals surface area (Å²) in [6.07, 6.45) is 0.838. The van der Waals surface area contributed by atoms with E-state index in [0.717, 1.165) is 39.3 Å². The van der Waals surface area contributed by atoms with E-state index in [4.69, 9.17) is 9.47 Å². The maximum Gasteiger partial charge on any atom is 0.261 e. The summed E-state index contributed by atoms with van der Waals surface area (Å²) < 4.78 is 11.0. The van der Waals surface area contributed by atoms with Gasteiger partial charge in [-0.25, -0.2) is 0 Å². The number of nitrogens with one attached hydrogen (secondary N) is 1. The molecule has 4 rings (SSSR count). The Kier molecular flexibility index (Phi) is 7.36. The molecule has 8 nitrogen and oxygen atoms in total. The SMILES string of the molecule is CCOc1ccc(CN2C(=O)c3ccccc3C2=O)cc1C(=O)NCCCN1CCOCC1. The third-order valence-corrected chi connectivity index (χ3v) is 5.85. The number of fused-ring (bicyclic) bond motifs is 1. The highest BCUT2D eigenvalue weighted by Gasteiger charge is 2.35. The molecular formula is C25H29N3O5. The lowest BCUT2D eigenvalue weighted by atomic mass is 10.1. The predicted octanol–water partition coefficient (Wildman–Crippen LogP) is 2.33. The third-order valence-electron chi connectivity index (χ3n) is 5.85. The molecule has 0 aromatic heterocycles. The summed E-state index contributed by atoms with van der Waals surface area (Å²) in [6.45, 7) is 7.17. The lowest BCUT2D eigenvalue weighted by molar-refractivity contribution is 0.0374. The molecule has 1 fully saturated rings. The number of morpholine rings is 1. The van der Waals surface area contributed by atoms with Crippen LogP contribution < -0.4 is 10.1 Å². The van der Waals surface area contributed by atoms with E-state index in [9.17, 15) is 14.4 Å². The zero-order chi connectivity index (χ0) is 23.2. The minimum atomic E-state index is -0.321. The van der Waals surface area contributed by atoms with Crippen molar-refractivity contribution in [3.05, 3.63) is 64.7 Å². The highest BCUT2D eigenvalue weighted by molar-refractivity contribution is 6.21. The molecule has 2 aromatic carbocycles. The van der Waals surface area contributed by atoms with Crippen LogP contribution in [0, 0.1) is 0 Å². The maximum atomic E-state index is 12.9. The van der Waals surface area contributed by atoms with Crippen molar-refractivity contribution in [1.29, 1.82) is 0 Å². The first-order chi connectivity index (χ1) is 16.1. The number of ether oxygens (including phenoxy) is 2. The van der Waals surface area contributed by atoms with Crippen molar-refractivity contribution in [3.63, 3.8) is 0 Å². The lowest BCUT2D eigenvalue weighted by Gasteiger charge is -2.26. The number of hydrogen-bond donors (Lipinski definition) is 1. The number of imide groups is 1. The fraction of sp³-hybridized carbons (Fsp3) is 0.400. The molecule has 0 atom stereocenters. The Morgan fingerprint density at radius 1 is 1.06 bits per heavy atom. The van der Waals surface area contributed by atoms with E-state index in [2.05, 4.69) is 10.2 Å².